The van der Waals surface area contributed by atoms with Gasteiger partial charge < -0.3 is 18.9 Å². The average molecular weight is 431 g/mol. The van der Waals surface area contributed by atoms with E-state index in [1.54, 1.807) is 6.92 Å². The summed E-state index contributed by atoms with van der Waals surface area (Å²) in [5.74, 6) is 0.767. The van der Waals surface area contributed by atoms with Gasteiger partial charge in [0.05, 0.1) is 6.61 Å². The quantitative estimate of drug-likeness (QED) is 0.452. The summed E-state index contributed by atoms with van der Waals surface area (Å²) in [4.78, 5) is 16.4. The molecule has 0 fully saturated rings. The summed E-state index contributed by atoms with van der Waals surface area (Å²) in [6.45, 7) is 2.85. The lowest BCUT2D eigenvalue weighted by atomic mass is 10.0. The molecule has 3 aromatic carbocycles. The maximum absolute atomic E-state index is 12.3. The first-order chi connectivity index (χ1) is 15.7. The van der Waals surface area contributed by atoms with Crippen molar-refractivity contribution in [2.24, 2.45) is 4.99 Å². The van der Waals surface area contributed by atoms with Gasteiger partial charge in [0.15, 0.2) is 30.0 Å². The van der Waals surface area contributed by atoms with Crippen LogP contribution in [0.25, 0.3) is 0 Å². The van der Waals surface area contributed by atoms with E-state index < -0.39 is 18.1 Å². The van der Waals surface area contributed by atoms with E-state index in [2.05, 4.69) is 4.99 Å². The highest BCUT2D eigenvalue weighted by atomic mass is 16.5. The van der Waals surface area contributed by atoms with Crippen LogP contribution < -0.4 is 9.47 Å². The summed E-state index contributed by atoms with van der Waals surface area (Å²) in [6.07, 6.45) is 0.729. The average Bonchev–Trinajstić information content (AvgIpc) is 3.33. The number of esters is 1. The molecule has 164 valence electrons. The first-order valence-corrected chi connectivity index (χ1v) is 10.6. The largest absolute Gasteiger partial charge is 0.485 e. The summed E-state index contributed by atoms with van der Waals surface area (Å²) in [6, 6.07) is 24.6. The number of hydrogen-bond donors (Lipinski definition) is 0. The van der Waals surface area contributed by atoms with Crippen LogP contribution in [-0.4, -0.2) is 25.0 Å². The van der Waals surface area contributed by atoms with Gasteiger partial charge in [0.1, 0.15) is 13.2 Å². The van der Waals surface area contributed by atoms with Gasteiger partial charge in [-0.3, -0.25) is 0 Å². The molecule has 1 heterocycles. The SMILES string of the molecule is CCOC(=O)[C@H]1N=CO[C@@H]1c1ccc(OCc2ccccc2)c(OCc2ccccc2)c1. The first-order valence-electron chi connectivity index (χ1n) is 10.6. The van der Waals surface area contributed by atoms with Gasteiger partial charge in [-0.15, -0.1) is 0 Å². The molecule has 0 spiro atoms. The van der Waals surface area contributed by atoms with Crippen molar-refractivity contribution in [2.45, 2.75) is 32.3 Å². The van der Waals surface area contributed by atoms with Crippen molar-refractivity contribution in [3.63, 3.8) is 0 Å². The fourth-order valence-electron chi connectivity index (χ4n) is 3.40. The fourth-order valence-corrected chi connectivity index (χ4v) is 3.40. The fraction of sp³-hybridized carbons (Fsp3) is 0.231. The van der Waals surface area contributed by atoms with Crippen LogP contribution in [0.4, 0.5) is 0 Å². The van der Waals surface area contributed by atoms with Crippen molar-refractivity contribution in [3.05, 3.63) is 95.6 Å². The van der Waals surface area contributed by atoms with Crippen molar-refractivity contribution in [2.75, 3.05) is 6.61 Å². The minimum absolute atomic E-state index is 0.287. The van der Waals surface area contributed by atoms with Crippen LogP contribution in [0.2, 0.25) is 0 Å². The molecule has 6 heteroatoms. The minimum atomic E-state index is -0.743. The van der Waals surface area contributed by atoms with Gasteiger partial charge in [0.2, 0.25) is 0 Å². The number of carbonyl (C=O) groups is 1. The van der Waals surface area contributed by atoms with Crippen molar-refractivity contribution in [1.29, 1.82) is 0 Å². The molecule has 4 rings (SSSR count). The lowest BCUT2D eigenvalue weighted by Gasteiger charge is -2.19. The third kappa shape index (κ3) is 5.27. The van der Waals surface area contributed by atoms with Gasteiger partial charge in [-0.1, -0.05) is 66.7 Å². The van der Waals surface area contributed by atoms with Gasteiger partial charge in [-0.05, 0) is 35.7 Å². The second-order valence-corrected chi connectivity index (χ2v) is 7.26. The Morgan fingerprint density at radius 1 is 0.875 bits per heavy atom. The third-order valence-corrected chi connectivity index (χ3v) is 5.01. The molecule has 2 atom stereocenters. The van der Waals surface area contributed by atoms with E-state index in [9.17, 15) is 4.79 Å². The lowest BCUT2D eigenvalue weighted by Crippen LogP contribution is -2.26. The number of aliphatic imine (C=N–C) groups is 1. The summed E-state index contributed by atoms with van der Waals surface area (Å²) < 4.78 is 22.9. The Morgan fingerprint density at radius 3 is 2.12 bits per heavy atom. The van der Waals surface area contributed by atoms with E-state index in [-0.39, 0.29) is 6.61 Å². The van der Waals surface area contributed by atoms with Crippen LogP contribution in [0.3, 0.4) is 0 Å². The van der Waals surface area contributed by atoms with E-state index >= 15 is 0 Å². The number of benzene rings is 3. The highest BCUT2D eigenvalue weighted by molar-refractivity contribution is 5.80. The third-order valence-electron chi connectivity index (χ3n) is 5.01. The van der Waals surface area contributed by atoms with Crippen molar-refractivity contribution >= 4 is 12.4 Å². The van der Waals surface area contributed by atoms with Crippen LogP contribution in [0, 0.1) is 0 Å². The normalized spacial score (nSPS) is 16.9. The number of rotatable bonds is 9. The van der Waals surface area contributed by atoms with Crippen LogP contribution >= 0.6 is 0 Å². The summed E-state index contributed by atoms with van der Waals surface area (Å²) in [5, 5.41) is 0. The predicted octanol–water partition coefficient (Wildman–Crippen LogP) is 4.88. The van der Waals surface area contributed by atoms with E-state index in [4.69, 9.17) is 18.9 Å². The number of nitrogens with zero attached hydrogens (tertiary/aromatic N) is 1. The molecule has 0 aliphatic carbocycles. The Balaban J connectivity index is 1.56. The molecule has 1 aliphatic rings. The molecular formula is C26H25NO5. The Labute approximate surface area is 187 Å². The predicted molar refractivity (Wildman–Crippen MR) is 121 cm³/mol. The molecular weight excluding hydrogens is 406 g/mol. The first kappa shape index (κ1) is 21.4. The second-order valence-electron chi connectivity index (χ2n) is 7.26. The molecule has 32 heavy (non-hydrogen) atoms. The van der Waals surface area contributed by atoms with Crippen LogP contribution in [0.15, 0.2) is 83.9 Å². The molecule has 0 aromatic heterocycles. The second kappa shape index (κ2) is 10.5. The standard InChI is InChI=1S/C26H25NO5/c1-2-29-26(28)24-25(32-18-27-24)21-13-14-22(30-16-19-9-5-3-6-10-19)23(15-21)31-17-20-11-7-4-8-12-20/h3-15,18,24-25H,2,16-17H2,1H3/t24-,25+/m0/s1. The topological polar surface area (TPSA) is 66.4 Å². The lowest BCUT2D eigenvalue weighted by molar-refractivity contribution is -0.146. The van der Waals surface area contributed by atoms with E-state index in [1.807, 2.05) is 78.9 Å². The Morgan fingerprint density at radius 2 is 1.50 bits per heavy atom. The van der Waals surface area contributed by atoms with Gasteiger partial charge in [-0.2, -0.15) is 0 Å². The molecule has 0 bridgehead atoms. The van der Waals surface area contributed by atoms with Gasteiger partial charge in [0.25, 0.3) is 0 Å². The summed E-state index contributed by atoms with van der Waals surface area (Å²) in [5.41, 5.74) is 2.85. The molecule has 0 radical (unpaired) electrons. The van der Waals surface area contributed by atoms with Crippen LogP contribution in [0.1, 0.15) is 29.7 Å². The zero-order chi connectivity index (χ0) is 22.2. The monoisotopic (exact) mass is 431 g/mol. The van der Waals surface area contributed by atoms with Crippen LogP contribution in [-0.2, 0) is 27.5 Å². The summed E-state index contributed by atoms with van der Waals surface area (Å²) >= 11 is 0. The van der Waals surface area contributed by atoms with Crippen molar-refractivity contribution in [3.8, 4) is 11.5 Å². The van der Waals surface area contributed by atoms with Crippen molar-refractivity contribution in [1.82, 2.24) is 0 Å². The highest BCUT2D eigenvalue weighted by Crippen LogP contribution is 2.36. The van der Waals surface area contributed by atoms with E-state index in [0.717, 1.165) is 16.7 Å². The molecule has 0 unspecified atom stereocenters. The molecule has 3 aromatic rings. The van der Waals surface area contributed by atoms with Gasteiger partial charge >= 0.3 is 5.97 Å². The molecule has 0 N–H and O–H groups in total. The van der Waals surface area contributed by atoms with Gasteiger partial charge in [-0.25, -0.2) is 9.79 Å². The number of carbonyl (C=O) groups excluding carboxylic acids is 1. The molecule has 0 amide bonds. The van der Waals surface area contributed by atoms with E-state index in [1.165, 1.54) is 6.40 Å². The summed E-state index contributed by atoms with van der Waals surface area (Å²) in [7, 11) is 0. The maximum Gasteiger partial charge on any atom is 0.335 e. The minimum Gasteiger partial charge on any atom is -0.485 e. The zero-order valence-corrected chi connectivity index (χ0v) is 17.8. The van der Waals surface area contributed by atoms with Gasteiger partial charge in [0, 0.05) is 0 Å². The molecule has 0 saturated carbocycles. The molecule has 6 nitrogen and oxygen atoms in total. The molecule has 1 aliphatic heterocycles. The Kier molecular flexibility index (Phi) is 7.02. The van der Waals surface area contributed by atoms with E-state index in [0.29, 0.717) is 24.7 Å². The highest BCUT2D eigenvalue weighted by Gasteiger charge is 2.35. The molecule has 0 saturated heterocycles. The smallest absolute Gasteiger partial charge is 0.335 e. The maximum atomic E-state index is 12.3. The number of ether oxygens (including phenoxy) is 4. The Bertz CT molecular complexity index is 1050. The van der Waals surface area contributed by atoms with Crippen LogP contribution in [0.5, 0.6) is 11.5 Å². The zero-order valence-electron chi connectivity index (χ0n) is 17.8. The number of hydrogen-bond acceptors (Lipinski definition) is 6. The Hall–Kier alpha value is -3.80. The van der Waals surface area contributed by atoms with Crippen molar-refractivity contribution < 1.29 is 23.7 Å².